The Balaban J connectivity index is 1.66. The minimum Gasteiger partial charge on any atom is -0.436 e. The monoisotopic (exact) mass is 327 g/mol. The smallest absolute Gasteiger partial charge is 0.412 e. The van der Waals surface area contributed by atoms with Gasteiger partial charge in [-0.3, -0.25) is 15.1 Å². The minimum atomic E-state index is -0.915. The second-order valence-corrected chi connectivity index (χ2v) is 5.89. The van der Waals surface area contributed by atoms with E-state index in [1.807, 2.05) is 0 Å². The number of likely N-dealkylation sites (tertiary alicyclic amines) is 1. The zero-order valence-electron chi connectivity index (χ0n) is 12.7. The molecule has 1 saturated heterocycles. The third kappa shape index (κ3) is 2.20. The van der Waals surface area contributed by atoms with E-state index in [9.17, 15) is 14.0 Å². The summed E-state index contributed by atoms with van der Waals surface area (Å²) < 4.78 is 19.4. The number of carbonyl (C=O) groups excluding carboxylic acids is 2. The molecule has 4 rings (SSSR count). The number of amides is 2. The van der Waals surface area contributed by atoms with Crippen molar-refractivity contribution in [2.24, 2.45) is 0 Å². The van der Waals surface area contributed by atoms with Crippen molar-refractivity contribution in [1.82, 2.24) is 9.88 Å². The summed E-state index contributed by atoms with van der Waals surface area (Å²) in [4.78, 5) is 30.0. The van der Waals surface area contributed by atoms with E-state index in [0.29, 0.717) is 18.7 Å². The Morgan fingerprint density at radius 3 is 3.00 bits per heavy atom. The van der Waals surface area contributed by atoms with Gasteiger partial charge in [-0.1, -0.05) is 12.1 Å². The molecule has 2 amide bonds. The molecule has 2 aliphatic heterocycles. The number of benzene rings is 1. The van der Waals surface area contributed by atoms with E-state index in [2.05, 4.69) is 10.3 Å². The van der Waals surface area contributed by atoms with Crippen LogP contribution in [-0.2, 0) is 10.3 Å². The fourth-order valence-electron chi connectivity index (χ4n) is 3.32. The first-order valence-electron chi connectivity index (χ1n) is 7.57. The molecule has 0 saturated carbocycles. The molecule has 0 aliphatic carbocycles. The number of aromatic nitrogens is 1. The SMILES string of the molecule is O=C1Nc2cnccc2C2(CCN(C(=O)c3ccccc3F)C2)O1. The molecule has 0 bridgehead atoms. The van der Waals surface area contributed by atoms with Gasteiger partial charge in [0.25, 0.3) is 5.91 Å². The van der Waals surface area contributed by atoms with Crippen LogP contribution in [0, 0.1) is 5.82 Å². The number of pyridine rings is 1. The van der Waals surface area contributed by atoms with Gasteiger partial charge in [-0.25, -0.2) is 9.18 Å². The van der Waals surface area contributed by atoms with Crippen molar-refractivity contribution < 1.29 is 18.7 Å². The average Bonchev–Trinajstić information content (AvgIpc) is 2.99. The van der Waals surface area contributed by atoms with Crippen LogP contribution in [0.4, 0.5) is 14.9 Å². The lowest BCUT2D eigenvalue weighted by Gasteiger charge is -2.35. The molecular weight excluding hydrogens is 313 g/mol. The van der Waals surface area contributed by atoms with Crippen LogP contribution in [0.1, 0.15) is 22.3 Å². The molecule has 2 aliphatic rings. The van der Waals surface area contributed by atoms with E-state index in [1.165, 1.54) is 23.1 Å². The Hall–Kier alpha value is -2.96. The molecule has 1 atom stereocenters. The maximum atomic E-state index is 13.9. The number of carbonyl (C=O) groups is 2. The summed E-state index contributed by atoms with van der Waals surface area (Å²) in [5.41, 5.74) is 0.460. The minimum absolute atomic E-state index is 0.0183. The summed E-state index contributed by atoms with van der Waals surface area (Å²) in [6.45, 7) is 0.562. The number of ether oxygens (including phenoxy) is 1. The lowest BCUT2D eigenvalue weighted by molar-refractivity contribution is 0.0182. The maximum absolute atomic E-state index is 13.9. The molecule has 122 valence electrons. The standard InChI is InChI=1S/C17H14FN3O3/c18-13-4-2-1-3-11(13)15(22)21-8-6-17(10-21)12-5-7-19-9-14(12)20-16(23)24-17/h1-5,7,9H,6,8,10H2,(H,20,23). The molecule has 0 radical (unpaired) electrons. The molecule has 24 heavy (non-hydrogen) atoms. The maximum Gasteiger partial charge on any atom is 0.412 e. The quantitative estimate of drug-likeness (QED) is 0.874. The predicted octanol–water partition coefficient (Wildman–Crippen LogP) is 2.52. The van der Waals surface area contributed by atoms with Crippen molar-refractivity contribution in [3.8, 4) is 0 Å². The van der Waals surface area contributed by atoms with Crippen LogP contribution in [0.5, 0.6) is 0 Å². The lowest BCUT2D eigenvalue weighted by Crippen LogP contribution is -2.42. The summed E-state index contributed by atoms with van der Waals surface area (Å²) in [7, 11) is 0. The number of nitrogens with one attached hydrogen (secondary N) is 1. The number of hydrogen-bond donors (Lipinski definition) is 1. The number of fused-ring (bicyclic) bond motifs is 2. The van der Waals surface area contributed by atoms with Gasteiger partial charge in [0.15, 0.2) is 5.60 Å². The highest BCUT2D eigenvalue weighted by molar-refractivity contribution is 5.95. The van der Waals surface area contributed by atoms with Crippen molar-refractivity contribution in [2.45, 2.75) is 12.0 Å². The second kappa shape index (κ2) is 5.30. The number of hydrogen-bond acceptors (Lipinski definition) is 4. The molecule has 1 spiro atoms. The van der Waals surface area contributed by atoms with Crippen LogP contribution >= 0.6 is 0 Å². The van der Waals surface area contributed by atoms with Gasteiger partial charge in [-0.05, 0) is 18.2 Å². The van der Waals surface area contributed by atoms with Crippen LogP contribution in [0.15, 0.2) is 42.7 Å². The molecular formula is C17H14FN3O3. The third-order valence-corrected chi connectivity index (χ3v) is 4.46. The Morgan fingerprint density at radius 2 is 2.17 bits per heavy atom. The molecule has 1 unspecified atom stereocenters. The first-order valence-corrected chi connectivity index (χ1v) is 7.57. The topological polar surface area (TPSA) is 71.5 Å². The van der Waals surface area contributed by atoms with E-state index >= 15 is 0 Å². The molecule has 3 heterocycles. The molecule has 1 aromatic carbocycles. The van der Waals surface area contributed by atoms with E-state index in [1.54, 1.807) is 24.5 Å². The van der Waals surface area contributed by atoms with Crippen molar-refractivity contribution >= 4 is 17.7 Å². The fourth-order valence-corrected chi connectivity index (χ4v) is 3.32. The first kappa shape index (κ1) is 14.6. The van der Waals surface area contributed by atoms with Gasteiger partial charge >= 0.3 is 6.09 Å². The van der Waals surface area contributed by atoms with Crippen molar-refractivity contribution in [3.05, 3.63) is 59.7 Å². The molecule has 7 heteroatoms. The number of halogens is 1. The van der Waals surface area contributed by atoms with Gasteiger partial charge in [-0.2, -0.15) is 0 Å². The number of anilines is 1. The van der Waals surface area contributed by atoms with Gasteiger partial charge < -0.3 is 9.64 Å². The zero-order valence-corrected chi connectivity index (χ0v) is 12.7. The van der Waals surface area contributed by atoms with Crippen molar-refractivity contribution in [3.63, 3.8) is 0 Å². The van der Waals surface area contributed by atoms with Crippen LogP contribution in [-0.4, -0.2) is 35.0 Å². The second-order valence-electron chi connectivity index (χ2n) is 5.89. The Bertz CT molecular complexity index is 841. The van der Waals surface area contributed by atoms with Gasteiger partial charge in [0.2, 0.25) is 0 Å². The Morgan fingerprint density at radius 1 is 1.33 bits per heavy atom. The molecule has 1 aromatic heterocycles. The van der Waals surface area contributed by atoms with Crippen molar-refractivity contribution in [1.29, 1.82) is 0 Å². The first-order chi connectivity index (χ1) is 11.6. The third-order valence-electron chi connectivity index (χ3n) is 4.46. The van der Waals surface area contributed by atoms with E-state index in [-0.39, 0.29) is 12.1 Å². The van der Waals surface area contributed by atoms with Gasteiger partial charge in [0.05, 0.1) is 24.0 Å². The van der Waals surface area contributed by atoms with E-state index in [4.69, 9.17) is 4.74 Å². The summed E-state index contributed by atoms with van der Waals surface area (Å²) in [6.07, 6.45) is 3.05. The zero-order chi connectivity index (χ0) is 16.7. The fraction of sp³-hybridized carbons (Fsp3) is 0.235. The Labute approximate surface area is 137 Å². The lowest BCUT2D eigenvalue weighted by atomic mass is 9.91. The largest absolute Gasteiger partial charge is 0.436 e. The van der Waals surface area contributed by atoms with Gasteiger partial charge in [0.1, 0.15) is 5.82 Å². The summed E-state index contributed by atoms with van der Waals surface area (Å²) in [5.74, 6) is -0.967. The number of rotatable bonds is 1. The average molecular weight is 327 g/mol. The summed E-state index contributed by atoms with van der Waals surface area (Å²) in [6, 6.07) is 7.63. The van der Waals surface area contributed by atoms with Gasteiger partial charge in [0, 0.05) is 24.7 Å². The highest BCUT2D eigenvalue weighted by Crippen LogP contribution is 2.42. The molecule has 6 nitrogen and oxygen atoms in total. The molecule has 1 N–H and O–H groups in total. The normalized spacial score (nSPS) is 22.0. The molecule has 2 aromatic rings. The highest BCUT2D eigenvalue weighted by Gasteiger charge is 2.48. The Kier molecular flexibility index (Phi) is 3.23. The predicted molar refractivity (Wildman–Crippen MR) is 82.9 cm³/mol. The van der Waals surface area contributed by atoms with Crippen LogP contribution in [0.3, 0.4) is 0 Å². The van der Waals surface area contributed by atoms with E-state index < -0.39 is 23.4 Å². The van der Waals surface area contributed by atoms with Crippen LogP contribution in [0.2, 0.25) is 0 Å². The molecule has 1 fully saturated rings. The van der Waals surface area contributed by atoms with Crippen LogP contribution < -0.4 is 5.32 Å². The van der Waals surface area contributed by atoms with E-state index in [0.717, 1.165) is 5.56 Å². The van der Waals surface area contributed by atoms with Crippen LogP contribution in [0.25, 0.3) is 0 Å². The highest BCUT2D eigenvalue weighted by atomic mass is 19.1. The summed E-state index contributed by atoms with van der Waals surface area (Å²) >= 11 is 0. The summed E-state index contributed by atoms with van der Waals surface area (Å²) in [5, 5.41) is 2.61. The van der Waals surface area contributed by atoms with Gasteiger partial charge in [-0.15, -0.1) is 0 Å². The van der Waals surface area contributed by atoms with Crippen molar-refractivity contribution in [2.75, 3.05) is 18.4 Å². The number of nitrogens with zero attached hydrogens (tertiary/aromatic N) is 2.